The Balaban J connectivity index is 2.36. The van der Waals surface area contributed by atoms with Crippen molar-refractivity contribution in [1.29, 1.82) is 0 Å². The van der Waals surface area contributed by atoms with Crippen LogP contribution in [-0.2, 0) is 4.74 Å². The van der Waals surface area contributed by atoms with E-state index in [1.807, 2.05) is 12.1 Å². The van der Waals surface area contributed by atoms with Crippen molar-refractivity contribution >= 4 is 11.8 Å². The highest BCUT2D eigenvalue weighted by atomic mass is 32.2. The van der Waals surface area contributed by atoms with Crippen molar-refractivity contribution in [3.63, 3.8) is 0 Å². The van der Waals surface area contributed by atoms with Crippen molar-refractivity contribution in [1.82, 2.24) is 4.98 Å². The summed E-state index contributed by atoms with van der Waals surface area (Å²) >= 11 is 1.76. The molecular formula is C11H17NO2S. The molecule has 0 fully saturated rings. The van der Waals surface area contributed by atoms with Gasteiger partial charge in [-0.25, -0.2) is 0 Å². The summed E-state index contributed by atoms with van der Waals surface area (Å²) in [6, 6.07) is 3.86. The number of aliphatic hydroxyl groups is 1. The minimum atomic E-state index is -0.488. The van der Waals surface area contributed by atoms with Crippen LogP contribution in [0.5, 0.6) is 0 Å². The molecule has 15 heavy (non-hydrogen) atoms. The van der Waals surface area contributed by atoms with Gasteiger partial charge in [0, 0.05) is 30.6 Å². The Morgan fingerprint density at radius 2 is 2.33 bits per heavy atom. The minimum absolute atomic E-state index is 0.488. The van der Waals surface area contributed by atoms with E-state index in [0.29, 0.717) is 0 Å². The van der Waals surface area contributed by atoms with Gasteiger partial charge >= 0.3 is 0 Å². The molecule has 1 N–H and O–H groups in total. The lowest BCUT2D eigenvalue weighted by molar-refractivity contribution is 0.194. The Labute approximate surface area is 94.9 Å². The van der Waals surface area contributed by atoms with Crippen LogP contribution in [0.15, 0.2) is 23.2 Å². The first kappa shape index (κ1) is 12.5. The molecular weight excluding hydrogens is 210 g/mol. The molecule has 0 amide bonds. The molecule has 0 saturated carbocycles. The number of nitrogens with zero attached hydrogens (tertiary/aromatic N) is 1. The predicted molar refractivity (Wildman–Crippen MR) is 62.1 cm³/mol. The molecule has 1 rings (SSSR count). The van der Waals surface area contributed by atoms with Crippen molar-refractivity contribution in [3.05, 3.63) is 24.0 Å². The van der Waals surface area contributed by atoms with E-state index < -0.39 is 6.10 Å². The monoisotopic (exact) mass is 227 g/mol. The maximum Gasteiger partial charge on any atom is 0.0931 e. The lowest BCUT2D eigenvalue weighted by atomic mass is 10.2. The molecule has 1 heterocycles. The van der Waals surface area contributed by atoms with Gasteiger partial charge in [-0.05, 0) is 25.5 Å². The van der Waals surface area contributed by atoms with Gasteiger partial charge in [0.25, 0.3) is 0 Å². The first-order valence-electron chi connectivity index (χ1n) is 5.00. The Bertz CT molecular complexity index is 274. The summed E-state index contributed by atoms with van der Waals surface area (Å²) in [7, 11) is 1.71. The average molecular weight is 227 g/mol. The molecule has 1 atom stereocenters. The van der Waals surface area contributed by atoms with Gasteiger partial charge in [0.2, 0.25) is 0 Å². The van der Waals surface area contributed by atoms with E-state index in [4.69, 9.17) is 4.74 Å². The fraction of sp³-hybridized carbons (Fsp3) is 0.545. The molecule has 1 aromatic heterocycles. The number of pyridine rings is 1. The summed E-state index contributed by atoms with van der Waals surface area (Å²) in [5.74, 6) is 1.03. The van der Waals surface area contributed by atoms with Crippen molar-refractivity contribution in [2.24, 2.45) is 0 Å². The number of hydrogen-bond donors (Lipinski definition) is 1. The van der Waals surface area contributed by atoms with Gasteiger partial charge < -0.3 is 9.84 Å². The van der Waals surface area contributed by atoms with Crippen LogP contribution < -0.4 is 0 Å². The number of thioether (sulfide) groups is 1. The third-order valence-corrected chi connectivity index (χ3v) is 3.02. The second kappa shape index (κ2) is 6.82. The van der Waals surface area contributed by atoms with Crippen molar-refractivity contribution in [2.75, 3.05) is 19.5 Å². The number of aromatic nitrogens is 1. The molecule has 0 unspecified atom stereocenters. The Morgan fingerprint density at radius 1 is 1.53 bits per heavy atom. The highest BCUT2D eigenvalue weighted by Gasteiger charge is 2.01. The largest absolute Gasteiger partial charge is 0.387 e. The number of hydrogen-bond acceptors (Lipinski definition) is 4. The Hall–Kier alpha value is -0.580. The van der Waals surface area contributed by atoms with Crippen LogP contribution in [0.1, 0.15) is 25.1 Å². The van der Waals surface area contributed by atoms with Gasteiger partial charge in [0.15, 0.2) is 0 Å². The zero-order valence-corrected chi connectivity index (χ0v) is 9.96. The Kier molecular flexibility index (Phi) is 5.68. The standard InChI is InChI=1S/C11H17NO2S/c1-9(13)11-5-4-10(8-12-11)15-7-3-6-14-2/h4-5,8-9,13H,3,6-7H2,1-2H3/t9-/m0/s1. The lowest BCUT2D eigenvalue weighted by Crippen LogP contribution is -1.95. The molecule has 84 valence electrons. The third kappa shape index (κ3) is 4.64. The van der Waals surface area contributed by atoms with Crippen molar-refractivity contribution < 1.29 is 9.84 Å². The van der Waals surface area contributed by atoms with Crippen LogP contribution in [-0.4, -0.2) is 29.6 Å². The normalized spacial score (nSPS) is 12.7. The summed E-state index contributed by atoms with van der Waals surface area (Å²) in [5, 5.41) is 9.27. The quantitative estimate of drug-likeness (QED) is 0.598. The molecule has 0 radical (unpaired) electrons. The molecule has 1 aromatic rings. The fourth-order valence-electron chi connectivity index (χ4n) is 1.12. The highest BCUT2D eigenvalue weighted by Crippen LogP contribution is 2.19. The van der Waals surface area contributed by atoms with Gasteiger partial charge in [-0.3, -0.25) is 4.98 Å². The molecule has 0 aliphatic rings. The molecule has 0 bridgehead atoms. The van der Waals surface area contributed by atoms with Crippen LogP contribution in [0.4, 0.5) is 0 Å². The average Bonchev–Trinajstić information content (AvgIpc) is 2.25. The van der Waals surface area contributed by atoms with Crippen LogP contribution in [0.3, 0.4) is 0 Å². The summed E-state index contributed by atoms with van der Waals surface area (Å²) in [6.07, 6.45) is 2.36. The number of methoxy groups -OCH3 is 1. The topological polar surface area (TPSA) is 42.4 Å². The fourth-order valence-corrected chi connectivity index (χ4v) is 1.91. The van der Waals surface area contributed by atoms with Gasteiger partial charge in [0.1, 0.15) is 0 Å². The summed E-state index contributed by atoms with van der Waals surface area (Å²) in [6.45, 7) is 2.51. The number of aliphatic hydroxyl groups excluding tert-OH is 1. The minimum Gasteiger partial charge on any atom is -0.387 e. The maximum atomic E-state index is 9.27. The van der Waals surface area contributed by atoms with E-state index >= 15 is 0 Å². The van der Waals surface area contributed by atoms with E-state index in [9.17, 15) is 5.11 Å². The summed E-state index contributed by atoms with van der Waals surface area (Å²) in [4.78, 5) is 5.31. The molecule has 0 aliphatic carbocycles. The first-order chi connectivity index (χ1) is 7.24. The molecule has 3 nitrogen and oxygen atoms in total. The molecule has 0 spiro atoms. The van der Waals surface area contributed by atoms with E-state index in [1.54, 1.807) is 32.0 Å². The smallest absolute Gasteiger partial charge is 0.0931 e. The zero-order valence-electron chi connectivity index (χ0n) is 9.14. The highest BCUT2D eigenvalue weighted by molar-refractivity contribution is 7.99. The molecule has 0 saturated heterocycles. The van der Waals surface area contributed by atoms with E-state index in [-0.39, 0.29) is 0 Å². The van der Waals surface area contributed by atoms with Crippen LogP contribution in [0.2, 0.25) is 0 Å². The van der Waals surface area contributed by atoms with Crippen molar-refractivity contribution in [2.45, 2.75) is 24.3 Å². The molecule has 0 aromatic carbocycles. The number of ether oxygens (including phenoxy) is 1. The van der Waals surface area contributed by atoms with Gasteiger partial charge in [-0.2, -0.15) is 0 Å². The summed E-state index contributed by atoms with van der Waals surface area (Å²) in [5.41, 5.74) is 0.719. The van der Waals surface area contributed by atoms with Gasteiger partial charge in [-0.15, -0.1) is 11.8 Å². The SMILES string of the molecule is COCCCSc1ccc([C@H](C)O)nc1. The molecule has 4 heteroatoms. The van der Waals surface area contributed by atoms with E-state index in [0.717, 1.165) is 29.4 Å². The van der Waals surface area contributed by atoms with Crippen LogP contribution >= 0.6 is 11.8 Å². The maximum absolute atomic E-state index is 9.27. The Morgan fingerprint density at radius 3 is 2.87 bits per heavy atom. The number of rotatable bonds is 6. The van der Waals surface area contributed by atoms with Crippen molar-refractivity contribution in [3.8, 4) is 0 Å². The van der Waals surface area contributed by atoms with Gasteiger partial charge in [-0.1, -0.05) is 0 Å². The predicted octanol–water partition coefficient (Wildman–Crippen LogP) is 2.26. The second-order valence-electron chi connectivity index (χ2n) is 3.29. The molecule has 0 aliphatic heterocycles. The third-order valence-electron chi connectivity index (χ3n) is 1.95. The lowest BCUT2D eigenvalue weighted by Gasteiger charge is -2.05. The zero-order chi connectivity index (χ0) is 11.1. The first-order valence-corrected chi connectivity index (χ1v) is 5.98. The van der Waals surface area contributed by atoms with E-state index in [1.165, 1.54) is 0 Å². The summed E-state index contributed by atoms with van der Waals surface area (Å²) < 4.78 is 4.97. The van der Waals surface area contributed by atoms with Crippen LogP contribution in [0.25, 0.3) is 0 Å². The van der Waals surface area contributed by atoms with E-state index in [2.05, 4.69) is 4.98 Å². The van der Waals surface area contributed by atoms with Crippen LogP contribution in [0, 0.1) is 0 Å². The second-order valence-corrected chi connectivity index (χ2v) is 4.46. The van der Waals surface area contributed by atoms with Gasteiger partial charge in [0.05, 0.1) is 11.8 Å².